The summed E-state index contributed by atoms with van der Waals surface area (Å²) in [5.41, 5.74) is 4.46. The Labute approximate surface area is 190 Å². The van der Waals surface area contributed by atoms with E-state index in [4.69, 9.17) is 4.65 Å². The second-order valence-corrected chi connectivity index (χ2v) is 9.42. The van der Waals surface area contributed by atoms with Crippen molar-refractivity contribution in [2.75, 3.05) is 7.05 Å². The van der Waals surface area contributed by atoms with Crippen LogP contribution in [0.1, 0.15) is 51.5 Å². The highest BCUT2D eigenvalue weighted by atomic mass is 16.5. The third-order valence-corrected chi connectivity index (χ3v) is 7.21. The zero-order valence-corrected chi connectivity index (χ0v) is 19.1. The molecular formula is C25H32BNO5. The van der Waals surface area contributed by atoms with Gasteiger partial charge in [0.1, 0.15) is 5.75 Å². The van der Waals surface area contributed by atoms with Crippen molar-refractivity contribution in [2.24, 2.45) is 17.8 Å². The molecule has 1 aliphatic carbocycles. The molecule has 2 saturated heterocycles. The van der Waals surface area contributed by atoms with Gasteiger partial charge in [-0.05, 0) is 68.1 Å². The van der Waals surface area contributed by atoms with E-state index in [9.17, 15) is 19.7 Å². The number of nitrogens with zero attached hydrogens (tertiary/aromatic N) is 1. The number of allylic oxidation sites excluding steroid dienone is 2. The Morgan fingerprint density at radius 2 is 2.03 bits per heavy atom. The highest BCUT2D eigenvalue weighted by molar-refractivity contribution is 6.43. The van der Waals surface area contributed by atoms with E-state index in [1.165, 1.54) is 10.5 Å². The number of carbonyl (C=O) groups excluding carboxylic acids is 2. The maximum atomic E-state index is 12.8. The number of aromatic hydroxyl groups is 1. The van der Waals surface area contributed by atoms with Crippen LogP contribution in [0.5, 0.6) is 5.75 Å². The van der Waals surface area contributed by atoms with Gasteiger partial charge in [-0.15, -0.1) is 0 Å². The minimum atomic E-state index is -0.932. The van der Waals surface area contributed by atoms with Crippen molar-refractivity contribution in [1.29, 1.82) is 0 Å². The van der Waals surface area contributed by atoms with Gasteiger partial charge in [-0.1, -0.05) is 42.7 Å². The molecule has 1 aromatic carbocycles. The third-order valence-electron chi connectivity index (χ3n) is 7.21. The van der Waals surface area contributed by atoms with E-state index in [1.54, 1.807) is 19.2 Å². The van der Waals surface area contributed by atoms with Crippen molar-refractivity contribution in [2.45, 2.75) is 58.4 Å². The maximum absolute atomic E-state index is 12.8. The number of benzene rings is 1. The molecule has 0 spiro atoms. The van der Waals surface area contributed by atoms with E-state index in [0.29, 0.717) is 19.2 Å². The second kappa shape index (κ2) is 9.24. The monoisotopic (exact) mass is 437 g/mol. The summed E-state index contributed by atoms with van der Waals surface area (Å²) >= 11 is 0. The van der Waals surface area contributed by atoms with Crippen molar-refractivity contribution >= 4 is 25.0 Å². The largest absolute Gasteiger partial charge is 0.508 e. The topological polar surface area (TPSA) is 87.1 Å². The lowest BCUT2D eigenvalue weighted by Gasteiger charge is -2.42. The van der Waals surface area contributed by atoms with Gasteiger partial charge in [-0.25, -0.2) is 0 Å². The standard InChI is InChI=1S/C25H32BNO5/c1-4-6-16(12-17-7-5-8-18(28)13-17)9-10-21-22-15(2)11-19-23(20(22)14-26(31)32-21)25(30)27(3)24(19)29/h5,7-8,12-13,19-21,23,28,31H,4,6,9-11,14H2,1-3H3/b16-12+/t19-,20+,21-,23-/m1/s1. The molecule has 3 aliphatic rings. The molecular weight excluding hydrogens is 405 g/mol. The Hall–Kier alpha value is -2.38. The van der Waals surface area contributed by atoms with E-state index in [1.807, 2.05) is 19.1 Å². The van der Waals surface area contributed by atoms with Crippen LogP contribution in [-0.2, 0) is 14.2 Å². The summed E-state index contributed by atoms with van der Waals surface area (Å²) in [7, 11) is 0.632. The van der Waals surface area contributed by atoms with Gasteiger partial charge in [0, 0.05) is 7.05 Å². The number of amides is 2. The van der Waals surface area contributed by atoms with Crippen molar-refractivity contribution in [1.82, 2.24) is 4.90 Å². The van der Waals surface area contributed by atoms with Crippen LogP contribution in [0.15, 0.2) is 41.0 Å². The Bertz CT molecular complexity index is 971. The summed E-state index contributed by atoms with van der Waals surface area (Å²) in [5, 5.41) is 20.3. The molecule has 0 aromatic heterocycles. The highest BCUT2D eigenvalue weighted by Gasteiger charge is 2.55. The fourth-order valence-corrected chi connectivity index (χ4v) is 5.83. The Morgan fingerprint density at radius 3 is 2.75 bits per heavy atom. The first kappa shape index (κ1) is 22.8. The van der Waals surface area contributed by atoms with E-state index in [0.717, 1.165) is 36.0 Å². The van der Waals surface area contributed by atoms with Crippen LogP contribution in [-0.4, -0.2) is 47.1 Å². The van der Waals surface area contributed by atoms with Gasteiger partial charge in [0.15, 0.2) is 0 Å². The number of likely N-dealkylation sites (tertiary alicyclic amines) is 1. The van der Waals surface area contributed by atoms with Crippen molar-refractivity contribution < 1.29 is 24.4 Å². The molecule has 32 heavy (non-hydrogen) atoms. The Kier molecular flexibility index (Phi) is 6.58. The Balaban J connectivity index is 1.57. The van der Waals surface area contributed by atoms with Gasteiger partial charge >= 0.3 is 7.12 Å². The van der Waals surface area contributed by atoms with E-state index >= 15 is 0 Å². The van der Waals surface area contributed by atoms with Crippen LogP contribution in [0.2, 0.25) is 6.32 Å². The first-order valence-corrected chi connectivity index (χ1v) is 11.6. The van der Waals surface area contributed by atoms with Crippen molar-refractivity contribution in [3.63, 3.8) is 0 Å². The summed E-state index contributed by atoms with van der Waals surface area (Å²) in [6, 6.07) is 7.21. The molecule has 4 rings (SSSR count). The van der Waals surface area contributed by atoms with E-state index in [-0.39, 0.29) is 41.4 Å². The molecule has 2 amide bonds. The van der Waals surface area contributed by atoms with Crippen LogP contribution < -0.4 is 0 Å². The molecule has 7 heteroatoms. The summed E-state index contributed by atoms with van der Waals surface area (Å²) in [6.07, 6.45) is 6.26. The van der Waals surface area contributed by atoms with Gasteiger partial charge in [-0.3, -0.25) is 14.5 Å². The van der Waals surface area contributed by atoms with Crippen molar-refractivity contribution in [3.05, 3.63) is 46.5 Å². The van der Waals surface area contributed by atoms with Crippen LogP contribution in [0.3, 0.4) is 0 Å². The molecule has 2 heterocycles. The summed E-state index contributed by atoms with van der Waals surface area (Å²) < 4.78 is 5.98. The summed E-state index contributed by atoms with van der Waals surface area (Å²) in [6.45, 7) is 4.18. The maximum Gasteiger partial charge on any atom is 0.455 e. The van der Waals surface area contributed by atoms with Crippen LogP contribution in [0.4, 0.5) is 0 Å². The Morgan fingerprint density at radius 1 is 1.25 bits per heavy atom. The minimum absolute atomic E-state index is 0.102. The number of phenolic OH excluding ortho intramolecular Hbond substituents is 1. The number of fused-ring (bicyclic) bond motifs is 3. The molecule has 2 aliphatic heterocycles. The lowest BCUT2D eigenvalue weighted by Crippen LogP contribution is -2.45. The number of hydrogen-bond donors (Lipinski definition) is 2. The molecule has 0 unspecified atom stereocenters. The second-order valence-electron chi connectivity index (χ2n) is 9.42. The lowest BCUT2D eigenvalue weighted by atomic mass is 9.58. The smallest absolute Gasteiger partial charge is 0.455 e. The molecule has 0 radical (unpaired) electrons. The molecule has 0 saturated carbocycles. The van der Waals surface area contributed by atoms with Gasteiger partial charge in [0.2, 0.25) is 11.8 Å². The highest BCUT2D eigenvalue weighted by Crippen LogP contribution is 2.50. The molecule has 2 fully saturated rings. The fraction of sp³-hybridized carbons (Fsp3) is 0.520. The van der Waals surface area contributed by atoms with Gasteiger partial charge < -0.3 is 14.8 Å². The van der Waals surface area contributed by atoms with Gasteiger partial charge in [-0.2, -0.15) is 0 Å². The minimum Gasteiger partial charge on any atom is -0.508 e. The van der Waals surface area contributed by atoms with Crippen LogP contribution in [0.25, 0.3) is 6.08 Å². The first-order chi connectivity index (χ1) is 15.3. The number of phenols is 1. The molecule has 6 nitrogen and oxygen atoms in total. The number of imide groups is 1. The molecule has 0 bridgehead atoms. The third kappa shape index (κ3) is 4.28. The normalized spacial score (nSPS) is 28.3. The number of rotatable bonds is 6. The SMILES string of the molecule is CCC/C(=C\c1cccc(O)c1)CC[C@H]1OB(O)C[C@H]2C1=C(C)C[C@H]1C(=O)N(C)C(=O)[C@H]12. The number of hydrogen-bond acceptors (Lipinski definition) is 5. The van der Waals surface area contributed by atoms with Crippen molar-refractivity contribution in [3.8, 4) is 5.75 Å². The average molecular weight is 437 g/mol. The quantitative estimate of drug-likeness (QED) is 0.402. The average Bonchev–Trinajstić information content (AvgIpc) is 2.95. The van der Waals surface area contributed by atoms with E-state index < -0.39 is 7.12 Å². The van der Waals surface area contributed by atoms with Crippen LogP contribution in [0, 0.1) is 17.8 Å². The van der Waals surface area contributed by atoms with Gasteiger partial charge in [0.25, 0.3) is 0 Å². The molecule has 170 valence electrons. The van der Waals surface area contributed by atoms with Crippen LogP contribution >= 0.6 is 0 Å². The molecule has 4 atom stereocenters. The predicted octanol–water partition coefficient (Wildman–Crippen LogP) is 3.80. The molecule has 2 N–H and O–H groups in total. The summed E-state index contributed by atoms with van der Waals surface area (Å²) in [5.74, 6) is -0.824. The summed E-state index contributed by atoms with van der Waals surface area (Å²) in [4.78, 5) is 26.7. The van der Waals surface area contributed by atoms with Gasteiger partial charge in [0.05, 0.1) is 17.9 Å². The fourth-order valence-electron chi connectivity index (χ4n) is 5.83. The zero-order chi connectivity index (χ0) is 23.0. The molecule has 1 aromatic rings. The number of carbonyl (C=O) groups is 2. The zero-order valence-electron chi connectivity index (χ0n) is 19.1. The predicted molar refractivity (Wildman–Crippen MR) is 123 cm³/mol. The lowest BCUT2D eigenvalue weighted by molar-refractivity contribution is -0.138. The van der Waals surface area contributed by atoms with E-state index in [2.05, 4.69) is 13.0 Å². The first-order valence-electron chi connectivity index (χ1n) is 11.6.